The molecule has 1 aromatic carbocycles. The maximum absolute atomic E-state index is 12.9. The molecule has 0 aliphatic heterocycles. The fourth-order valence-electron chi connectivity index (χ4n) is 1.21. The van der Waals surface area contributed by atoms with Gasteiger partial charge in [0.1, 0.15) is 5.82 Å². The summed E-state index contributed by atoms with van der Waals surface area (Å²) in [6.07, 6.45) is 2.48. The van der Waals surface area contributed by atoms with E-state index in [-0.39, 0.29) is 11.9 Å². The van der Waals surface area contributed by atoms with Gasteiger partial charge in [0.15, 0.2) is 0 Å². The minimum Gasteiger partial charge on any atom is -0.324 e. The highest BCUT2D eigenvalue weighted by Gasteiger charge is 2.05. The molecular formula is C11H14FN. The second kappa shape index (κ2) is 4.19. The van der Waals surface area contributed by atoms with E-state index < -0.39 is 0 Å². The van der Waals surface area contributed by atoms with E-state index in [1.54, 1.807) is 25.1 Å². The van der Waals surface area contributed by atoms with Crippen LogP contribution in [-0.2, 0) is 0 Å². The largest absolute Gasteiger partial charge is 0.324 e. The van der Waals surface area contributed by atoms with Gasteiger partial charge in [0.05, 0.1) is 0 Å². The molecule has 0 aromatic heterocycles. The third kappa shape index (κ3) is 2.39. The molecule has 0 bridgehead atoms. The summed E-state index contributed by atoms with van der Waals surface area (Å²) < 4.78 is 12.9. The van der Waals surface area contributed by atoms with Gasteiger partial charge in [-0.3, -0.25) is 0 Å². The van der Waals surface area contributed by atoms with E-state index in [1.165, 1.54) is 6.07 Å². The van der Waals surface area contributed by atoms with E-state index in [1.807, 2.05) is 0 Å². The number of hydrogen-bond donors (Lipinski definition) is 1. The highest BCUT2D eigenvalue weighted by Crippen LogP contribution is 2.17. The summed E-state index contributed by atoms with van der Waals surface area (Å²) in [7, 11) is 0. The van der Waals surface area contributed by atoms with Gasteiger partial charge >= 0.3 is 0 Å². The predicted octanol–water partition coefficient (Wildman–Crippen LogP) is 2.71. The normalized spacial score (nSPS) is 12.5. The van der Waals surface area contributed by atoms with Crippen molar-refractivity contribution in [2.24, 2.45) is 5.73 Å². The molecule has 2 heteroatoms. The molecule has 1 rings (SSSR count). The van der Waals surface area contributed by atoms with E-state index in [0.29, 0.717) is 12.0 Å². The van der Waals surface area contributed by atoms with Gasteiger partial charge in [-0.2, -0.15) is 0 Å². The van der Waals surface area contributed by atoms with Crippen LogP contribution in [-0.4, -0.2) is 0 Å². The first-order valence-electron chi connectivity index (χ1n) is 4.27. The van der Waals surface area contributed by atoms with Gasteiger partial charge < -0.3 is 5.73 Å². The summed E-state index contributed by atoms with van der Waals surface area (Å²) >= 11 is 0. The summed E-state index contributed by atoms with van der Waals surface area (Å²) in [4.78, 5) is 0. The number of hydrogen-bond acceptors (Lipinski definition) is 1. The Kier molecular flexibility index (Phi) is 3.20. The molecule has 13 heavy (non-hydrogen) atoms. The van der Waals surface area contributed by atoms with E-state index in [2.05, 4.69) is 6.58 Å². The first kappa shape index (κ1) is 9.93. The van der Waals surface area contributed by atoms with Gasteiger partial charge in [0, 0.05) is 6.04 Å². The molecule has 0 unspecified atom stereocenters. The van der Waals surface area contributed by atoms with E-state index >= 15 is 0 Å². The molecule has 0 aliphatic carbocycles. The SMILES string of the molecule is C=CC[C@H](N)c1ccc(F)c(C)c1. The van der Waals surface area contributed by atoms with Crippen LogP contribution in [0.15, 0.2) is 30.9 Å². The summed E-state index contributed by atoms with van der Waals surface area (Å²) in [5.74, 6) is -0.186. The maximum atomic E-state index is 12.9. The number of benzene rings is 1. The zero-order chi connectivity index (χ0) is 9.84. The average Bonchev–Trinajstić information content (AvgIpc) is 2.10. The standard InChI is InChI=1S/C11H14FN/c1-3-4-11(13)9-5-6-10(12)8(2)7-9/h3,5-7,11H,1,4,13H2,2H3/t11-/m0/s1. The third-order valence-electron chi connectivity index (χ3n) is 2.03. The Bertz CT molecular complexity index is 307. The van der Waals surface area contributed by atoms with E-state index in [0.717, 1.165) is 5.56 Å². The van der Waals surface area contributed by atoms with E-state index in [4.69, 9.17) is 5.73 Å². The number of halogens is 1. The van der Waals surface area contributed by atoms with Crippen LogP contribution in [0, 0.1) is 12.7 Å². The molecular weight excluding hydrogens is 165 g/mol. The lowest BCUT2D eigenvalue weighted by Crippen LogP contribution is -2.09. The van der Waals surface area contributed by atoms with Gasteiger partial charge in [0.2, 0.25) is 0 Å². The van der Waals surface area contributed by atoms with Crippen molar-refractivity contribution in [3.63, 3.8) is 0 Å². The van der Waals surface area contributed by atoms with Crippen molar-refractivity contribution in [2.75, 3.05) is 0 Å². The van der Waals surface area contributed by atoms with Crippen LogP contribution < -0.4 is 5.73 Å². The maximum Gasteiger partial charge on any atom is 0.126 e. The Balaban J connectivity index is 2.89. The molecule has 0 heterocycles. The molecule has 0 saturated carbocycles. The Labute approximate surface area is 78.1 Å². The summed E-state index contributed by atoms with van der Waals surface area (Å²) in [6, 6.07) is 4.88. The molecule has 1 aromatic rings. The van der Waals surface area contributed by atoms with Crippen LogP contribution in [0.4, 0.5) is 4.39 Å². The fourth-order valence-corrected chi connectivity index (χ4v) is 1.21. The lowest BCUT2D eigenvalue weighted by Gasteiger charge is -2.10. The molecule has 0 aliphatic rings. The molecule has 2 N–H and O–H groups in total. The van der Waals surface area contributed by atoms with Crippen molar-refractivity contribution in [2.45, 2.75) is 19.4 Å². The Morgan fingerprint density at radius 2 is 2.31 bits per heavy atom. The molecule has 0 fully saturated rings. The van der Waals surface area contributed by atoms with Crippen LogP contribution in [0.25, 0.3) is 0 Å². The second-order valence-corrected chi connectivity index (χ2v) is 3.14. The lowest BCUT2D eigenvalue weighted by atomic mass is 10.0. The van der Waals surface area contributed by atoms with Crippen molar-refractivity contribution in [3.8, 4) is 0 Å². The monoisotopic (exact) mass is 179 g/mol. The van der Waals surface area contributed by atoms with Gasteiger partial charge in [0.25, 0.3) is 0 Å². The molecule has 0 amide bonds. The van der Waals surface area contributed by atoms with Gasteiger partial charge in [-0.05, 0) is 30.5 Å². The average molecular weight is 179 g/mol. The summed E-state index contributed by atoms with van der Waals surface area (Å²) in [6.45, 7) is 5.35. The van der Waals surface area contributed by atoms with Crippen LogP contribution >= 0.6 is 0 Å². The van der Waals surface area contributed by atoms with Crippen molar-refractivity contribution < 1.29 is 4.39 Å². The van der Waals surface area contributed by atoms with Gasteiger partial charge in [-0.1, -0.05) is 18.2 Å². The van der Waals surface area contributed by atoms with Crippen molar-refractivity contribution in [1.29, 1.82) is 0 Å². The summed E-state index contributed by atoms with van der Waals surface area (Å²) in [5, 5.41) is 0. The number of aryl methyl sites for hydroxylation is 1. The zero-order valence-corrected chi connectivity index (χ0v) is 7.76. The van der Waals surface area contributed by atoms with Crippen molar-refractivity contribution >= 4 is 0 Å². The second-order valence-electron chi connectivity index (χ2n) is 3.14. The first-order chi connectivity index (χ1) is 6.15. The van der Waals surface area contributed by atoms with Crippen LogP contribution in [0.3, 0.4) is 0 Å². The van der Waals surface area contributed by atoms with Crippen LogP contribution in [0.1, 0.15) is 23.6 Å². The Morgan fingerprint density at radius 1 is 1.62 bits per heavy atom. The van der Waals surface area contributed by atoms with E-state index in [9.17, 15) is 4.39 Å². The quantitative estimate of drug-likeness (QED) is 0.709. The van der Waals surface area contributed by atoms with Crippen molar-refractivity contribution in [3.05, 3.63) is 47.8 Å². The Morgan fingerprint density at radius 3 is 2.85 bits per heavy atom. The lowest BCUT2D eigenvalue weighted by molar-refractivity contribution is 0.615. The minimum atomic E-state index is -0.186. The summed E-state index contributed by atoms with van der Waals surface area (Å²) in [5.41, 5.74) is 7.42. The minimum absolute atomic E-state index is 0.0724. The number of nitrogens with two attached hydrogens (primary N) is 1. The molecule has 0 saturated heterocycles. The Hall–Kier alpha value is -1.15. The highest BCUT2D eigenvalue weighted by molar-refractivity contribution is 5.26. The first-order valence-corrected chi connectivity index (χ1v) is 4.27. The molecule has 0 spiro atoms. The highest BCUT2D eigenvalue weighted by atomic mass is 19.1. The fraction of sp³-hybridized carbons (Fsp3) is 0.273. The molecule has 0 radical (unpaired) electrons. The number of rotatable bonds is 3. The van der Waals surface area contributed by atoms with Gasteiger partial charge in [-0.25, -0.2) is 4.39 Å². The zero-order valence-electron chi connectivity index (χ0n) is 7.76. The molecule has 1 nitrogen and oxygen atoms in total. The molecule has 70 valence electrons. The van der Waals surface area contributed by atoms with Crippen molar-refractivity contribution in [1.82, 2.24) is 0 Å². The molecule has 1 atom stereocenters. The van der Waals surface area contributed by atoms with Crippen LogP contribution in [0.5, 0.6) is 0 Å². The van der Waals surface area contributed by atoms with Gasteiger partial charge in [-0.15, -0.1) is 6.58 Å². The predicted molar refractivity (Wildman–Crippen MR) is 52.9 cm³/mol. The van der Waals surface area contributed by atoms with Crippen LogP contribution in [0.2, 0.25) is 0 Å². The topological polar surface area (TPSA) is 26.0 Å². The third-order valence-corrected chi connectivity index (χ3v) is 2.03. The smallest absolute Gasteiger partial charge is 0.126 e.